The highest BCUT2D eigenvalue weighted by Crippen LogP contribution is 2.21. The number of aliphatic hydroxyl groups is 2. The van der Waals surface area contributed by atoms with Crippen LogP contribution in [0.4, 0.5) is 0 Å². The lowest BCUT2D eigenvalue weighted by atomic mass is 9.89. The van der Waals surface area contributed by atoms with Crippen LogP contribution in [0.25, 0.3) is 0 Å². The summed E-state index contributed by atoms with van der Waals surface area (Å²) in [7, 11) is 0. The molecule has 2 nitrogen and oxygen atoms in total. The van der Waals surface area contributed by atoms with Gasteiger partial charge in [0.2, 0.25) is 0 Å². The van der Waals surface area contributed by atoms with Crippen LogP contribution in [-0.4, -0.2) is 21.9 Å². The molecule has 12 heavy (non-hydrogen) atoms. The Bertz CT molecular complexity index is 169. The van der Waals surface area contributed by atoms with Crippen LogP contribution in [0.3, 0.4) is 0 Å². The van der Waals surface area contributed by atoms with Crippen molar-refractivity contribution < 1.29 is 10.2 Å². The van der Waals surface area contributed by atoms with Crippen molar-refractivity contribution in [2.45, 2.75) is 44.8 Å². The predicted molar refractivity (Wildman–Crippen MR) is 49.9 cm³/mol. The molecule has 2 unspecified atom stereocenters. The molecular formula is C10H18O2. The molecule has 0 radical (unpaired) electrons. The fraction of sp³-hybridized carbons (Fsp3) is 0.700. The lowest BCUT2D eigenvalue weighted by Gasteiger charge is -2.29. The summed E-state index contributed by atoms with van der Waals surface area (Å²) in [5, 5.41) is 19.1. The Kier molecular flexibility index (Phi) is 4.91. The first-order valence-electron chi connectivity index (χ1n) is 4.31. The molecule has 0 aromatic heterocycles. The molecule has 0 amide bonds. The molecule has 0 aromatic carbocycles. The van der Waals surface area contributed by atoms with Gasteiger partial charge in [0.1, 0.15) is 0 Å². The van der Waals surface area contributed by atoms with E-state index in [-0.39, 0.29) is 0 Å². The van der Waals surface area contributed by atoms with Crippen LogP contribution in [0.2, 0.25) is 0 Å². The van der Waals surface area contributed by atoms with Gasteiger partial charge in [0.05, 0.1) is 11.7 Å². The van der Waals surface area contributed by atoms with Crippen LogP contribution in [0, 0.1) is 0 Å². The number of hydrogen-bond donors (Lipinski definition) is 2. The Labute approximate surface area is 74.2 Å². The van der Waals surface area contributed by atoms with E-state index in [0.29, 0.717) is 19.3 Å². The monoisotopic (exact) mass is 170 g/mol. The number of aliphatic hydroxyl groups excluding tert-OH is 1. The zero-order valence-corrected chi connectivity index (χ0v) is 7.88. The van der Waals surface area contributed by atoms with Crippen molar-refractivity contribution in [1.82, 2.24) is 0 Å². The van der Waals surface area contributed by atoms with Crippen molar-refractivity contribution in [2.75, 3.05) is 0 Å². The van der Waals surface area contributed by atoms with Crippen LogP contribution < -0.4 is 0 Å². The van der Waals surface area contributed by atoms with E-state index in [4.69, 9.17) is 0 Å². The van der Waals surface area contributed by atoms with Crippen LogP contribution >= 0.6 is 0 Å². The minimum Gasteiger partial charge on any atom is -0.390 e. The van der Waals surface area contributed by atoms with Gasteiger partial charge in [-0.05, 0) is 32.3 Å². The van der Waals surface area contributed by atoms with Crippen LogP contribution in [0.1, 0.15) is 33.1 Å². The Morgan fingerprint density at radius 1 is 1.67 bits per heavy atom. The van der Waals surface area contributed by atoms with Gasteiger partial charge in [-0.1, -0.05) is 13.5 Å². The Morgan fingerprint density at radius 2 is 2.25 bits per heavy atom. The van der Waals surface area contributed by atoms with Gasteiger partial charge in [0, 0.05) is 0 Å². The average Bonchev–Trinajstić information content (AvgIpc) is 2.04. The van der Waals surface area contributed by atoms with Crippen molar-refractivity contribution in [3.8, 4) is 0 Å². The van der Waals surface area contributed by atoms with Crippen LogP contribution in [-0.2, 0) is 0 Å². The molecule has 0 aliphatic heterocycles. The van der Waals surface area contributed by atoms with Gasteiger partial charge in [-0.2, -0.15) is 0 Å². The van der Waals surface area contributed by atoms with E-state index in [0.717, 1.165) is 0 Å². The van der Waals surface area contributed by atoms with Crippen LogP contribution in [0.15, 0.2) is 18.4 Å². The molecule has 0 heterocycles. The van der Waals surface area contributed by atoms with Crippen molar-refractivity contribution in [3.05, 3.63) is 18.4 Å². The highest BCUT2D eigenvalue weighted by atomic mass is 16.3. The Hall–Kier alpha value is -0.560. The van der Waals surface area contributed by atoms with Crippen molar-refractivity contribution in [2.24, 2.45) is 0 Å². The maximum atomic E-state index is 9.81. The molecule has 0 saturated carbocycles. The van der Waals surface area contributed by atoms with E-state index in [1.807, 2.05) is 6.92 Å². The lowest BCUT2D eigenvalue weighted by Crippen LogP contribution is -2.39. The van der Waals surface area contributed by atoms with E-state index >= 15 is 0 Å². The van der Waals surface area contributed by atoms with Gasteiger partial charge in [0.25, 0.3) is 0 Å². The molecule has 0 aliphatic rings. The summed E-state index contributed by atoms with van der Waals surface area (Å²) < 4.78 is 0. The molecule has 0 fully saturated rings. The second-order valence-corrected chi connectivity index (χ2v) is 3.08. The normalized spacial score (nSPS) is 17.7. The van der Waals surface area contributed by atoms with Crippen molar-refractivity contribution >= 4 is 0 Å². The van der Waals surface area contributed by atoms with Gasteiger partial charge in [-0.15, -0.1) is 5.73 Å². The first-order chi connectivity index (χ1) is 5.56. The van der Waals surface area contributed by atoms with Crippen LogP contribution in [0.5, 0.6) is 0 Å². The molecule has 0 rings (SSSR count). The molecular weight excluding hydrogens is 152 g/mol. The highest BCUT2D eigenvalue weighted by molar-refractivity contribution is 4.86. The van der Waals surface area contributed by atoms with Gasteiger partial charge >= 0.3 is 0 Å². The topological polar surface area (TPSA) is 40.5 Å². The Morgan fingerprint density at radius 3 is 2.58 bits per heavy atom. The molecule has 70 valence electrons. The molecule has 2 heteroatoms. The molecule has 2 atom stereocenters. The lowest BCUT2D eigenvalue weighted by molar-refractivity contribution is -0.0732. The summed E-state index contributed by atoms with van der Waals surface area (Å²) in [5.41, 5.74) is 1.68. The summed E-state index contributed by atoms with van der Waals surface area (Å²) in [6.07, 6.45) is 2.92. The predicted octanol–water partition coefficient (Wildman–Crippen LogP) is 1.63. The van der Waals surface area contributed by atoms with Gasteiger partial charge in [-0.3, -0.25) is 0 Å². The second-order valence-electron chi connectivity index (χ2n) is 3.08. The molecule has 2 N–H and O–H groups in total. The molecule has 0 aromatic rings. The summed E-state index contributed by atoms with van der Waals surface area (Å²) in [5.74, 6) is 0. The van der Waals surface area contributed by atoms with Crippen molar-refractivity contribution in [3.63, 3.8) is 0 Å². The largest absolute Gasteiger partial charge is 0.390 e. The average molecular weight is 170 g/mol. The molecule has 0 spiro atoms. The third-order valence-electron chi connectivity index (χ3n) is 2.26. The van der Waals surface area contributed by atoms with E-state index in [9.17, 15) is 10.2 Å². The SMILES string of the molecule is C=C=CCCC(O)(CC)C(C)O. The summed E-state index contributed by atoms with van der Waals surface area (Å²) >= 11 is 0. The highest BCUT2D eigenvalue weighted by Gasteiger charge is 2.29. The number of hydrogen-bond acceptors (Lipinski definition) is 2. The fourth-order valence-corrected chi connectivity index (χ4v) is 1.11. The number of rotatable bonds is 5. The van der Waals surface area contributed by atoms with E-state index < -0.39 is 11.7 Å². The van der Waals surface area contributed by atoms with Gasteiger partial charge < -0.3 is 10.2 Å². The maximum Gasteiger partial charge on any atom is 0.0903 e. The smallest absolute Gasteiger partial charge is 0.0903 e. The minimum atomic E-state index is -0.951. The van der Waals surface area contributed by atoms with E-state index in [1.165, 1.54) is 0 Å². The fourth-order valence-electron chi connectivity index (χ4n) is 1.11. The third-order valence-corrected chi connectivity index (χ3v) is 2.26. The Balaban J connectivity index is 4.04. The third kappa shape index (κ3) is 3.22. The summed E-state index contributed by atoms with van der Waals surface area (Å²) in [4.78, 5) is 0. The zero-order valence-electron chi connectivity index (χ0n) is 7.88. The standard InChI is InChI=1S/C10H18O2/c1-4-6-7-8-10(12,5-2)9(3)11/h6,9,11-12H,1,5,7-8H2,2-3H3. The zero-order chi connectivity index (χ0) is 9.61. The van der Waals surface area contributed by atoms with Crippen molar-refractivity contribution in [1.29, 1.82) is 0 Å². The summed E-state index contributed by atoms with van der Waals surface area (Å²) in [6, 6.07) is 0. The van der Waals surface area contributed by atoms with E-state index in [2.05, 4.69) is 12.3 Å². The van der Waals surface area contributed by atoms with Gasteiger partial charge in [0.15, 0.2) is 0 Å². The van der Waals surface area contributed by atoms with E-state index in [1.54, 1.807) is 13.0 Å². The first-order valence-corrected chi connectivity index (χ1v) is 4.31. The van der Waals surface area contributed by atoms with Gasteiger partial charge in [-0.25, -0.2) is 0 Å². The molecule has 0 saturated heterocycles. The molecule has 0 bridgehead atoms. The number of allylic oxidation sites excluding steroid dienone is 1. The first kappa shape index (κ1) is 11.4. The second kappa shape index (κ2) is 5.15. The quantitative estimate of drug-likeness (QED) is 0.616. The molecule has 0 aliphatic carbocycles. The maximum absolute atomic E-state index is 9.81. The summed E-state index contributed by atoms with van der Waals surface area (Å²) in [6.45, 7) is 6.90. The minimum absolute atomic E-state index is 0.559.